The molecule has 0 aliphatic carbocycles. The maximum atomic E-state index is 11.4. The van der Waals surface area contributed by atoms with Gasteiger partial charge in [-0.2, -0.15) is 0 Å². The van der Waals surface area contributed by atoms with Crippen molar-refractivity contribution in [1.82, 2.24) is 15.3 Å². The monoisotopic (exact) mass is 298 g/mol. The van der Waals surface area contributed by atoms with Gasteiger partial charge in [-0.15, -0.1) is 0 Å². The average Bonchev–Trinajstić information content (AvgIpc) is 2.39. The van der Waals surface area contributed by atoms with E-state index >= 15 is 0 Å². The molecule has 2 heterocycles. The van der Waals surface area contributed by atoms with E-state index in [0.29, 0.717) is 25.0 Å². The zero-order chi connectivity index (χ0) is 14.6. The zero-order valence-electron chi connectivity index (χ0n) is 12.0. The van der Waals surface area contributed by atoms with Crippen molar-refractivity contribution in [2.45, 2.75) is 20.4 Å². The molecule has 0 spiro atoms. The van der Waals surface area contributed by atoms with Crippen LogP contribution in [0.2, 0.25) is 0 Å². The second kappa shape index (κ2) is 6.49. The molecule has 1 aromatic rings. The Morgan fingerprint density at radius 1 is 1.25 bits per heavy atom. The van der Waals surface area contributed by atoms with Gasteiger partial charge in [-0.1, -0.05) is 13.8 Å². The highest BCUT2D eigenvalue weighted by atomic mass is 32.2. The molecule has 0 amide bonds. The summed E-state index contributed by atoms with van der Waals surface area (Å²) in [6, 6.07) is 0. The molecule has 0 radical (unpaired) electrons. The second-order valence-electron chi connectivity index (χ2n) is 5.55. The normalized spacial score (nSPS) is 18.4. The van der Waals surface area contributed by atoms with Crippen LogP contribution in [0, 0.1) is 5.92 Å². The molecule has 7 heteroatoms. The van der Waals surface area contributed by atoms with Crippen LogP contribution in [0.1, 0.15) is 19.4 Å². The van der Waals surface area contributed by atoms with Crippen LogP contribution in [0.3, 0.4) is 0 Å². The Balaban J connectivity index is 1.88. The smallest absolute Gasteiger partial charge is 0.225 e. The molecular weight excluding hydrogens is 276 g/mol. The van der Waals surface area contributed by atoms with Crippen LogP contribution in [0.4, 0.5) is 5.95 Å². The molecule has 0 saturated carbocycles. The largest absolute Gasteiger partial charge is 0.339 e. The minimum absolute atomic E-state index is 0.189. The lowest BCUT2D eigenvalue weighted by Gasteiger charge is -2.26. The molecule has 112 valence electrons. The van der Waals surface area contributed by atoms with Crippen LogP contribution in [-0.2, 0) is 16.4 Å². The minimum Gasteiger partial charge on any atom is -0.339 e. The summed E-state index contributed by atoms with van der Waals surface area (Å²) < 4.78 is 22.8. The highest BCUT2D eigenvalue weighted by molar-refractivity contribution is 7.91. The Labute approximate surface area is 120 Å². The number of rotatable bonds is 5. The van der Waals surface area contributed by atoms with Gasteiger partial charge >= 0.3 is 0 Å². The van der Waals surface area contributed by atoms with Crippen LogP contribution < -0.4 is 10.2 Å². The molecule has 1 saturated heterocycles. The molecule has 1 aliphatic heterocycles. The topological polar surface area (TPSA) is 75.2 Å². The molecule has 0 atom stereocenters. The molecule has 1 aliphatic rings. The fourth-order valence-corrected chi connectivity index (χ4v) is 3.22. The first-order chi connectivity index (χ1) is 9.46. The number of aromatic nitrogens is 2. The van der Waals surface area contributed by atoms with E-state index in [1.165, 1.54) is 0 Å². The van der Waals surface area contributed by atoms with E-state index in [4.69, 9.17) is 0 Å². The zero-order valence-corrected chi connectivity index (χ0v) is 12.9. The van der Waals surface area contributed by atoms with Gasteiger partial charge in [0.2, 0.25) is 5.95 Å². The molecule has 0 bridgehead atoms. The predicted octanol–water partition coefficient (Wildman–Crippen LogP) is 0.457. The Morgan fingerprint density at radius 2 is 1.85 bits per heavy atom. The fraction of sp³-hybridized carbons (Fsp3) is 0.692. The summed E-state index contributed by atoms with van der Waals surface area (Å²) in [4.78, 5) is 10.6. The Hall–Kier alpha value is -1.21. The van der Waals surface area contributed by atoms with Gasteiger partial charge in [-0.3, -0.25) is 0 Å². The molecule has 20 heavy (non-hydrogen) atoms. The van der Waals surface area contributed by atoms with E-state index in [1.54, 1.807) is 12.4 Å². The van der Waals surface area contributed by atoms with Crippen LogP contribution in [0.25, 0.3) is 0 Å². The summed E-state index contributed by atoms with van der Waals surface area (Å²) in [5.41, 5.74) is 1.04. The average molecular weight is 298 g/mol. The molecule has 1 aromatic heterocycles. The highest BCUT2D eigenvalue weighted by Crippen LogP contribution is 2.11. The second-order valence-corrected chi connectivity index (χ2v) is 7.86. The first kappa shape index (κ1) is 15.2. The summed E-state index contributed by atoms with van der Waals surface area (Å²) in [5.74, 6) is 1.61. The van der Waals surface area contributed by atoms with E-state index < -0.39 is 9.84 Å². The minimum atomic E-state index is -2.86. The van der Waals surface area contributed by atoms with E-state index in [-0.39, 0.29) is 11.5 Å². The van der Waals surface area contributed by atoms with Crippen molar-refractivity contribution in [3.8, 4) is 0 Å². The van der Waals surface area contributed by atoms with Gasteiger partial charge in [-0.05, 0) is 12.5 Å². The summed E-state index contributed by atoms with van der Waals surface area (Å²) in [6.07, 6.45) is 3.61. The molecule has 0 unspecified atom stereocenters. The lowest BCUT2D eigenvalue weighted by Crippen LogP contribution is -2.41. The Morgan fingerprint density at radius 3 is 2.40 bits per heavy atom. The maximum Gasteiger partial charge on any atom is 0.225 e. The van der Waals surface area contributed by atoms with Gasteiger partial charge in [0.05, 0.1) is 11.5 Å². The summed E-state index contributed by atoms with van der Waals surface area (Å²) in [6.45, 7) is 7.01. The summed E-state index contributed by atoms with van der Waals surface area (Å²) in [7, 11) is -2.86. The van der Waals surface area contributed by atoms with E-state index in [9.17, 15) is 8.42 Å². The first-order valence-electron chi connectivity index (χ1n) is 6.93. The van der Waals surface area contributed by atoms with Crippen molar-refractivity contribution < 1.29 is 8.42 Å². The van der Waals surface area contributed by atoms with E-state index in [0.717, 1.165) is 18.7 Å². The summed E-state index contributed by atoms with van der Waals surface area (Å²) >= 11 is 0. The van der Waals surface area contributed by atoms with Gasteiger partial charge in [0, 0.05) is 37.6 Å². The van der Waals surface area contributed by atoms with Crippen LogP contribution in [0.15, 0.2) is 12.4 Å². The van der Waals surface area contributed by atoms with Crippen molar-refractivity contribution in [3.05, 3.63) is 18.0 Å². The van der Waals surface area contributed by atoms with Gasteiger partial charge in [0.15, 0.2) is 9.84 Å². The lowest BCUT2D eigenvalue weighted by molar-refractivity contribution is 0.551. The number of anilines is 1. The van der Waals surface area contributed by atoms with Gasteiger partial charge in [0.1, 0.15) is 0 Å². The van der Waals surface area contributed by atoms with E-state index in [2.05, 4.69) is 29.1 Å². The van der Waals surface area contributed by atoms with Gasteiger partial charge in [-0.25, -0.2) is 18.4 Å². The highest BCUT2D eigenvalue weighted by Gasteiger charge is 2.22. The summed E-state index contributed by atoms with van der Waals surface area (Å²) in [5, 5.41) is 3.34. The Kier molecular flexibility index (Phi) is 4.93. The maximum absolute atomic E-state index is 11.4. The fourth-order valence-electron chi connectivity index (χ4n) is 2.02. The van der Waals surface area contributed by atoms with Crippen LogP contribution in [-0.4, -0.2) is 49.5 Å². The third-order valence-corrected chi connectivity index (χ3v) is 4.81. The lowest BCUT2D eigenvalue weighted by atomic mass is 10.2. The standard InChI is InChI=1S/C13H22N4O2S/c1-11(2)7-14-8-12-9-15-13(16-10-12)17-3-5-20(18,19)6-4-17/h9-11,14H,3-8H2,1-2H3. The number of hydrogen-bond donors (Lipinski definition) is 1. The van der Waals surface area contributed by atoms with Gasteiger partial charge < -0.3 is 10.2 Å². The SMILES string of the molecule is CC(C)CNCc1cnc(N2CCS(=O)(=O)CC2)nc1. The molecule has 1 fully saturated rings. The first-order valence-corrected chi connectivity index (χ1v) is 8.75. The van der Waals surface area contributed by atoms with Gasteiger partial charge in [0.25, 0.3) is 0 Å². The van der Waals surface area contributed by atoms with Crippen molar-refractivity contribution in [2.75, 3.05) is 36.0 Å². The third kappa shape index (κ3) is 4.42. The number of sulfone groups is 1. The van der Waals surface area contributed by atoms with Crippen LogP contribution >= 0.6 is 0 Å². The third-order valence-electron chi connectivity index (χ3n) is 3.20. The van der Waals surface area contributed by atoms with Crippen molar-refractivity contribution in [2.24, 2.45) is 5.92 Å². The van der Waals surface area contributed by atoms with Crippen molar-refractivity contribution in [3.63, 3.8) is 0 Å². The van der Waals surface area contributed by atoms with Crippen LogP contribution in [0.5, 0.6) is 0 Å². The molecule has 0 aromatic carbocycles. The number of hydrogen-bond acceptors (Lipinski definition) is 6. The molecule has 6 nitrogen and oxygen atoms in total. The molecule has 2 rings (SSSR count). The molecular formula is C13H22N4O2S. The number of nitrogens with one attached hydrogen (secondary N) is 1. The van der Waals surface area contributed by atoms with Crippen molar-refractivity contribution in [1.29, 1.82) is 0 Å². The predicted molar refractivity (Wildman–Crippen MR) is 79.4 cm³/mol. The molecule has 1 N–H and O–H groups in total. The van der Waals surface area contributed by atoms with E-state index in [1.807, 2.05) is 4.90 Å². The quantitative estimate of drug-likeness (QED) is 0.851. The van der Waals surface area contributed by atoms with Crippen molar-refractivity contribution >= 4 is 15.8 Å². The Bertz CT molecular complexity index is 514. The number of nitrogens with zero attached hydrogens (tertiary/aromatic N) is 3.